The second-order valence-corrected chi connectivity index (χ2v) is 7.31. The van der Waals surface area contributed by atoms with Gasteiger partial charge in [0, 0.05) is 22.4 Å². The zero-order valence-electron chi connectivity index (χ0n) is 16.8. The Bertz CT molecular complexity index is 841. The number of imide groups is 1. The number of amides is 2. The summed E-state index contributed by atoms with van der Waals surface area (Å²) in [5, 5.41) is 1.05. The Balaban J connectivity index is 2.51. The Morgan fingerprint density at radius 3 is 2.33 bits per heavy atom. The molecule has 144 valence electrons. The highest BCUT2D eigenvalue weighted by Crippen LogP contribution is 2.24. The van der Waals surface area contributed by atoms with Crippen LogP contribution in [0.3, 0.4) is 0 Å². The average molecular weight is 369 g/mol. The molecule has 1 aromatic carbocycles. The van der Waals surface area contributed by atoms with Crippen molar-refractivity contribution in [3.8, 4) is 5.75 Å². The highest BCUT2D eigenvalue weighted by Gasteiger charge is 2.30. The molecule has 0 aliphatic heterocycles. The van der Waals surface area contributed by atoms with Crippen LogP contribution >= 0.6 is 0 Å². The fraction of sp³-hybridized carbons (Fsp3) is 0.381. The minimum Gasteiger partial charge on any atom is -0.496 e. The molecule has 6 nitrogen and oxygen atoms in total. The third kappa shape index (κ3) is 4.92. The SMILES string of the molecule is CCc1c(OC)cccc1C(=O)N(NC(C)(C)C)C(=O)c1cccc(C)n1. The van der Waals surface area contributed by atoms with Crippen LogP contribution in [-0.2, 0) is 6.42 Å². The first-order valence-electron chi connectivity index (χ1n) is 8.94. The van der Waals surface area contributed by atoms with Crippen LogP contribution < -0.4 is 10.2 Å². The molecule has 27 heavy (non-hydrogen) atoms. The molecule has 2 rings (SSSR count). The number of carbonyl (C=O) groups excluding carboxylic acids is 2. The molecule has 1 heterocycles. The van der Waals surface area contributed by atoms with Gasteiger partial charge >= 0.3 is 0 Å². The lowest BCUT2D eigenvalue weighted by Crippen LogP contribution is -2.55. The third-order valence-electron chi connectivity index (χ3n) is 3.90. The standard InChI is InChI=1S/C21H27N3O3/c1-7-15-16(11-9-13-18(15)27-6)19(25)24(23-21(3,4)5)20(26)17-12-8-10-14(2)22-17/h8-13,23H,7H2,1-6H3. The molecular formula is C21H27N3O3. The average Bonchev–Trinajstić information content (AvgIpc) is 2.63. The van der Waals surface area contributed by atoms with Crippen molar-refractivity contribution in [1.82, 2.24) is 15.4 Å². The molecule has 2 amide bonds. The van der Waals surface area contributed by atoms with Gasteiger partial charge in [-0.2, -0.15) is 0 Å². The van der Waals surface area contributed by atoms with E-state index < -0.39 is 17.4 Å². The Hall–Kier alpha value is -2.73. The maximum atomic E-state index is 13.3. The molecule has 2 aromatic rings. The van der Waals surface area contributed by atoms with E-state index in [9.17, 15) is 9.59 Å². The third-order valence-corrected chi connectivity index (χ3v) is 3.90. The highest BCUT2D eigenvalue weighted by molar-refractivity contribution is 6.10. The number of benzene rings is 1. The molecule has 0 aliphatic carbocycles. The summed E-state index contributed by atoms with van der Waals surface area (Å²) in [5.74, 6) is -0.308. The van der Waals surface area contributed by atoms with Crippen molar-refractivity contribution in [2.75, 3.05) is 7.11 Å². The second-order valence-electron chi connectivity index (χ2n) is 7.31. The summed E-state index contributed by atoms with van der Waals surface area (Å²) in [4.78, 5) is 30.7. The molecule has 0 bridgehead atoms. The fourth-order valence-corrected chi connectivity index (χ4v) is 2.75. The quantitative estimate of drug-likeness (QED) is 0.645. The first kappa shape index (κ1) is 20.6. The number of carbonyl (C=O) groups is 2. The first-order chi connectivity index (χ1) is 12.7. The lowest BCUT2D eigenvalue weighted by molar-refractivity contribution is 0.0447. The van der Waals surface area contributed by atoms with Gasteiger partial charge in [-0.3, -0.25) is 9.59 Å². The van der Waals surface area contributed by atoms with Crippen LogP contribution in [0.5, 0.6) is 5.75 Å². The molecule has 1 N–H and O–H groups in total. The van der Waals surface area contributed by atoms with Crippen molar-refractivity contribution in [3.63, 3.8) is 0 Å². The number of aryl methyl sites for hydroxylation is 1. The first-order valence-corrected chi connectivity index (χ1v) is 8.94. The molecule has 6 heteroatoms. The van der Waals surface area contributed by atoms with Crippen molar-refractivity contribution in [1.29, 1.82) is 0 Å². The molecule has 0 fully saturated rings. The van der Waals surface area contributed by atoms with Crippen LogP contribution in [0.2, 0.25) is 0 Å². The van der Waals surface area contributed by atoms with Gasteiger partial charge in [-0.25, -0.2) is 15.4 Å². The monoisotopic (exact) mass is 369 g/mol. The second kappa shape index (κ2) is 8.31. The summed E-state index contributed by atoms with van der Waals surface area (Å²) in [5.41, 5.74) is 4.62. The van der Waals surface area contributed by atoms with Crippen LogP contribution in [0.25, 0.3) is 0 Å². The van der Waals surface area contributed by atoms with Crippen LogP contribution in [-0.4, -0.2) is 34.5 Å². The van der Waals surface area contributed by atoms with E-state index in [0.29, 0.717) is 23.4 Å². The van der Waals surface area contributed by atoms with Gasteiger partial charge in [0.1, 0.15) is 11.4 Å². The number of nitrogens with zero attached hydrogens (tertiary/aromatic N) is 2. The van der Waals surface area contributed by atoms with Gasteiger partial charge in [-0.05, 0) is 58.4 Å². The summed E-state index contributed by atoms with van der Waals surface area (Å²) in [6.45, 7) is 9.40. The number of hydrazine groups is 1. The Labute approximate surface area is 160 Å². The van der Waals surface area contributed by atoms with E-state index in [1.54, 1.807) is 50.4 Å². The highest BCUT2D eigenvalue weighted by atomic mass is 16.5. The number of hydrogen-bond donors (Lipinski definition) is 1. The van der Waals surface area contributed by atoms with Gasteiger partial charge in [0.05, 0.1) is 7.11 Å². The van der Waals surface area contributed by atoms with Crippen molar-refractivity contribution >= 4 is 11.8 Å². The number of pyridine rings is 1. The number of nitrogens with one attached hydrogen (secondary N) is 1. The van der Waals surface area contributed by atoms with Crippen LogP contribution in [0.15, 0.2) is 36.4 Å². The maximum absolute atomic E-state index is 13.3. The lowest BCUT2D eigenvalue weighted by Gasteiger charge is -2.30. The van der Waals surface area contributed by atoms with Crippen molar-refractivity contribution in [2.45, 2.75) is 46.6 Å². The van der Waals surface area contributed by atoms with E-state index in [4.69, 9.17) is 4.74 Å². The summed E-state index contributed by atoms with van der Waals surface area (Å²) in [7, 11) is 1.57. The molecule has 0 atom stereocenters. The van der Waals surface area contributed by atoms with E-state index in [1.165, 1.54) is 0 Å². The van der Waals surface area contributed by atoms with E-state index in [2.05, 4.69) is 10.4 Å². The van der Waals surface area contributed by atoms with E-state index >= 15 is 0 Å². The van der Waals surface area contributed by atoms with Gasteiger partial charge in [0.15, 0.2) is 0 Å². The van der Waals surface area contributed by atoms with Gasteiger partial charge in [-0.15, -0.1) is 0 Å². The Morgan fingerprint density at radius 1 is 1.11 bits per heavy atom. The van der Waals surface area contributed by atoms with E-state index in [-0.39, 0.29) is 5.69 Å². The van der Waals surface area contributed by atoms with Crippen LogP contribution in [0.1, 0.15) is 59.8 Å². The number of aromatic nitrogens is 1. The summed E-state index contributed by atoms with van der Waals surface area (Å²) in [6, 6.07) is 10.4. The van der Waals surface area contributed by atoms with Gasteiger partial charge in [0.25, 0.3) is 11.8 Å². The molecule has 0 saturated carbocycles. The zero-order chi connectivity index (χ0) is 20.2. The molecular weight excluding hydrogens is 342 g/mol. The summed E-state index contributed by atoms with van der Waals surface area (Å²) in [6.07, 6.45) is 0.603. The van der Waals surface area contributed by atoms with Gasteiger partial charge in [0.2, 0.25) is 0 Å². The van der Waals surface area contributed by atoms with E-state index in [1.807, 2.05) is 27.7 Å². The largest absolute Gasteiger partial charge is 0.496 e. The summed E-state index contributed by atoms with van der Waals surface area (Å²) < 4.78 is 5.38. The predicted octanol–water partition coefficient (Wildman–Crippen LogP) is 3.55. The maximum Gasteiger partial charge on any atom is 0.293 e. The fourth-order valence-electron chi connectivity index (χ4n) is 2.75. The summed E-state index contributed by atoms with van der Waals surface area (Å²) >= 11 is 0. The molecule has 0 aliphatic rings. The smallest absolute Gasteiger partial charge is 0.293 e. The van der Waals surface area contributed by atoms with Crippen LogP contribution in [0, 0.1) is 6.92 Å². The zero-order valence-corrected chi connectivity index (χ0v) is 16.8. The Kier molecular flexibility index (Phi) is 6.33. The van der Waals surface area contributed by atoms with Gasteiger partial charge in [-0.1, -0.05) is 19.1 Å². The number of rotatable bonds is 5. The lowest BCUT2D eigenvalue weighted by atomic mass is 10.0. The Morgan fingerprint density at radius 2 is 1.78 bits per heavy atom. The normalized spacial score (nSPS) is 11.2. The molecule has 0 radical (unpaired) electrons. The molecule has 0 unspecified atom stereocenters. The number of hydrogen-bond acceptors (Lipinski definition) is 5. The molecule has 0 saturated heterocycles. The van der Waals surface area contributed by atoms with Crippen molar-refractivity contribution in [2.24, 2.45) is 0 Å². The minimum atomic E-state index is -0.500. The molecule has 1 aromatic heterocycles. The van der Waals surface area contributed by atoms with Crippen molar-refractivity contribution < 1.29 is 14.3 Å². The van der Waals surface area contributed by atoms with Crippen LogP contribution in [0.4, 0.5) is 0 Å². The van der Waals surface area contributed by atoms with E-state index in [0.717, 1.165) is 10.6 Å². The van der Waals surface area contributed by atoms with Gasteiger partial charge < -0.3 is 4.74 Å². The predicted molar refractivity (Wildman–Crippen MR) is 105 cm³/mol. The molecule has 0 spiro atoms. The number of ether oxygens (including phenoxy) is 1. The topological polar surface area (TPSA) is 71.5 Å². The minimum absolute atomic E-state index is 0.209. The van der Waals surface area contributed by atoms with Crippen molar-refractivity contribution in [3.05, 3.63) is 58.9 Å². The number of methoxy groups -OCH3 is 1.